The molecule has 1 aromatic carbocycles. The number of aromatic amines is 1. The molecule has 0 aliphatic heterocycles. The molecule has 0 aliphatic rings. The third-order valence-electron chi connectivity index (χ3n) is 3.80. The van der Waals surface area contributed by atoms with Crippen LogP contribution in [0.1, 0.15) is 25.8 Å². The number of fused-ring (bicyclic) bond motifs is 1. The van der Waals surface area contributed by atoms with E-state index in [2.05, 4.69) is 41.1 Å². The van der Waals surface area contributed by atoms with Crippen LogP contribution in [0.2, 0.25) is 0 Å². The first-order valence-electron chi connectivity index (χ1n) is 8.17. The second-order valence-corrected chi connectivity index (χ2v) is 6.16. The van der Waals surface area contributed by atoms with Gasteiger partial charge in [0.05, 0.1) is 6.61 Å². The fourth-order valence-corrected chi connectivity index (χ4v) is 2.51. The summed E-state index contributed by atoms with van der Waals surface area (Å²) in [6.07, 6.45) is 3.23. The van der Waals surface area contributed by atoms with E-state index < -0.39 is 0 Å². The van der Waals surface area contributed by atoms with Gasteiger partial charge < -0.3 is 9.15 Å². The molecule has 0 amide bonds. The Kier molecular flexibility index (Phi) is 4.92. The summed E-state index contributed by atoms with van der Waals surface area (Å²) in [5.74, 6) is 1.54. The summed E-state index contributed by atoms with van der Waals surface area (Å²) in [5.41, 5.74) is 1.12. The van der Waals surface area contributed by atoms with E-state index in [1.54, 1.807) is 6.08 Å². The topological polar surface area (TPSA) is 93.9 Å². The van der Waals surface area contributed by atoms with E-state index in [-0.39, 0.29) is 17.0 Å². The first-order chi connectivity index (χ1) is 12.1. The van der Waals surface area contributed by atoms with Crippen molar-refractivity contribution in [3.63, 3.8) is 0 Å². The molecule has 0 saturated heterocycles. The van der Waals surface area contributed by atoms with Crippen molar-refractivity contribution < 1.29 is 9.15 Å². The number of ether oxygens (including phenoxy) is 1. The molecule has 3 rings (SSSR count). The SMILES string of the molecule is C=CCc1ccc(OCCC(C)C)c2c(=O)cc(-c3nn[nH]n3)oc12. The van der Waals surface area contributed by atoms with Gasteiger partial charge in [0.1, 0.15) is 16.7 Å². The number of benzene rings is 1. The summed E-state index contributed by atoms with van der Waals surface area (Å²) in [6, 6.07) is 5.06. The van der Waals surface area contributed by atoms with Crippen LogP contribution in [0.15, 0.2) is 40.1 Å². The van der Waals surface area contributed by atoms with E-state index in [4.69, 9.17) is 9.15 Å². The molecule has 1 N–H and O–H groups in total. The van der Waals surface area contributed by atoms with Crippen molar-refractivity contribution in [2.75, 3.05) is 6.61 Å². The Morgan fingerprint density at radius 3 is 2.92 bits per heavy atom. The number of aromatic nitrogens is 4. The summed E-state index contributed by atoms with van der Waals surface area (Å²) < 4.78 is 11.8. The number of tetrazole rings is 1. The Labute approximate surface area is 144 Å². The molecule has 0 radical (unpaired) electrons. The van der Waals surface area contributed by atoms with Crippen LogP contribution in [-0.2, 0) is 6.42 Å². The molecule has 0 saturated carbocycles. The van der Waals surface area contributed by atoms with Gasteiger partial charge in [0, 0.05) is 6.07 Å². The number of hydrogen-bond donors (Lipinski definition) is 1. The first-order valence-corrected chi connectivity index (χ1v) is 8.17. The highest BCUT2D eigenvalue weighted by molar-refractivity contribution is 5.87. The van der Waals surface area contributed by atoms with Crippen molar-refractivity contribution in [1.82, 2.24) is 20.6 Å². The zero-order valence-electron chi connectivity index (χ0n) is 14.3. The fraction of sp³-hybridized carbons (Fsp3) is 0.333. The first kappa shape index (κ1) is 16.9. The van der Waals surface area contributed by atoms with Crippen molar-refractivity contribution in [3.05, 3.63) is 46.6 Å². The lowest BCUT2D eigenvalue weighted by atomic mass is 10.1. The number of rotatable bonds is 7. The fourth-order valence-electron chi connectivity index (χ4n) is 2.51. The molecule has 130 valence electrons. The Bertz CT molecular complexity index is 929. The molecule has 0 fully saturated rings. The van der Waals surface area contributed by atoms with Gasteiger partial charge in [-0.3, -0.25) is 4.79 Å². The van der Waals surface area contributed by atoms with E-state index in [1.165, 1.54) is 6.07 Å². The van der Waals surface area contributed by atoms with Crippen molar-refractivity contribution in [1.29, 1.82) is 0 Å². The predicted octanol–water partition coefficient (Wildman–Crippen LogP) is 3.13. The third kappa shape index (κ3) is 3.60. The molecule has 0 aliphatic carbocycles. The minimum atomic E-state index is -0.202. The maximum absolute atomic E-state index is 12.7. The van der Waals surface area contributed by atoms with Crippen LogP contribution in [0.3, 0.4) is 0 Å². The van der Waals surface area contributed by atoms with Crippen molar-refractivity contribution in [2.24, 2.45) is 5.92 Å². The van der Waals surface area contributed by atoms with Gasteiger partial charge >= 0.3 is 0 Å². The molecule has 0 bridgehead atoms. The predicted molar refractivity (Wildman–Crippen MR) is 94.5 cm³/mol. The smallest absolute Gasteiger partial charge is 0.239 e. The average molecular weight is 340 g/mol. The molecule has 0 unspecified atom stereocenters. The van der Waals surface area contributed by atoms with E-state index in [1.807, 2.05) is 12.1 Å². The van der Waals surface area contributed by atoms with E-state index in [0.717, 1.165) is 12.0 Å². The number of nitrogens with one attached hydrogen (secondary N) is 1. The molecule has 2 aromatic heterocycles. The number of nitrogens with zero attached hydrogens (tertiary/aromatic N) is 3. The summed E-state index contributed by atoms with van der Waals surface area (Å²) in [4.78, 5) is 12.7. The molecule has 0 spiro atoms. The number of hydrogen-bond acceptors (Lipinski definition) is 6. The summed E-state index contributed by atoms with van der Waals surface area (Å²) in [7, 11) is 0. The summed E-state index contributed by atoms with van der Waals surface area (Å²) in [6.45, 7) is 8.55. The number of allylic oxidation sites excluding steroid dienone is 1. The van der Waals surface area contributed by atoms with Gasteiger partial charge in [0.15, 0.2) is 11.2 Å². The van der Waals surface area contributed by atoms with Crippen LogP contribution < -0.4 is 10.2 Å². The Hall–Kier alpha value is -2.96. The lowest BCUT2D eigenvalue weighted by molar-refractivity contribution is 0.292. The van der Waals surface area contributed by atoms with Gasteiger partial charge in [-0.25, -0.2) is 0 Å². The van der Waals surface area contributed by atoms with E-state index in [0.29, 0.717) is 35.7 Å². The van der Waals surface area contributed by atoms with E-state index in [9.17, 15) is 4.79 Å². The second kappa shape index (κ2) is 7.29. The molecule has 2 heterocycles. The molecule has 7 heteroatoms. The average Bonchev–Trinajstić information content (AvgIpc) is 3.11. The van der Waals surface area contributed by atoms with Crippen LogP contribution in [0, 0.1) is 5.92 Å². The molecule has 3 aromatic rings. The summed E-state index contributed by atoms with van der Waals surface area (Å²) in [5, 5.41) is 14.0. The van der Waals surface area contributed by atoms with Crippen LogP contribution in [0.4, 0.5) is 0 Å². The van der Waals surface area contributed by atoms with Crippen LogP contribution >= 0.6 is 0 Å². The monoisotopic (exact) mass is 340 g/mol. The normalized spacial score (nSPS) is 11.2. The highest BCUT2D eigenvalue weighted by Gasteiger charge is 2.17. The van der Waals surface area contributed by atoms with Gasteiger partial charge in [0.2, 0.25) is 5.82 Å². The van der Waals surface area contributed by atoms with Gasteiger partial charge in [-0.15, -0.1) is 16.8 Å². The second-order valence-electron chi connectivity index (χ2n) is 6.16. The molecule has 0 atom stereocenters. The molecule has 25 heavy (non-hydrogen) atoms. The quantitative estimate of drug-likeness (QED) is 0.664. The molecular weight excluding hydrogens is 320 g/mol. The van der Waals surface area contributed by atoms with E-state index >= 15 is 0 Å². The van der Waals surface area contributed by atoms with Gasteiger partial charge in [0.25, 0.3) is 0 Å². The minimum absolute atomic E-state index is 0.202. The highest BCUT2D eigenvalue weighted by Crippen LogP contribution is 2.29. The van der Waals surface area contributed by atoms with Crippen molar-refractivity contribution >= 4 is 11.0 Å². The molecule has 7 nitrogen and oxygen atoms in total. The third-order valence-corrected chi connectivity index (χ3v) is 3.80. The zero-order valence-corrected chi connectivity index (χ0v) is 14.3. The molecular formula is C18H20N4O3. The van der Waals surface area contributed by atoms with Gasteiger partial charge in [-0.1, -0.05) is 26.0 Å². The van der Waals surface area contributed by atoms with Gasteiger partial charge in [-0.2, -0.15) is 5.21 Å². The lowest BCUT2D eigenvalue weighted by Gasteiger charge is -2.12. The van der Waals surface area contributed by atoms with Crippen LogP contribution in [0.5, 0.6) is 5.75 Å². The number of H-pyrrole nitrogens is 1. The lowest BCUT2D eigenvalue weighted by Crippen LogP contribution is -2.08. The maximum Gasteiger partial charge on any atom is 0.239 e. The Morgan fingerprint density at radius 1 is 1.40 bits per heavy atom. The highest BCUT2D eigenvalue weighted by atomic mass is 16.5. The zero-order chi connectivity index (χ0) is 17.8. The van der Waals surface area contributed by atoms with Gasteiger partial charge in [-0.05, 0) is 35.6 Å². The Morgan fingerprint density at radius 2 is 2.24 bits per heavy atom. The van der Waals surface area contributed by atoms with Crippen LogP contribution in [0.25, 0.3) is 22.6 Å². The van der Waals surface area contributed by atoms with Crippen molar-refractivity contribution in [3.8, 4) is 17.3 Å². The summed E-state index contributed by atoms with van der Waals surface area (Å²) >= 11 is 0. The van der Waals surface area contributed by atoms with Crippen LogP contribution in [-0.4, -0.2) is 27.2 Å². The van der Waals surface area contributed by atoms with Crippen molar-refractivity contribution in [2.45, 2.75) is 26.7 Å². The standard InChI is InChI=1S/C18H20N4O3/c1-4-5-12-6-7-14(24-9-8-11(2)3)16-13(23)10-15(25-17(12)16)18-19-21-22-20-18/h4,6-7,10-11H,1,5,8-9H2,2-3H3,(H,19,20,21,22). The largest absolute Gasteiger partial charge is 0.493 e. The Balaban J connectivity index is 2.12. The maximum atomic E-state index is 12.7. The minimum Gasteiger partial charge on any atom is -0.493 e.